The lowest BCUT2D eigenvalue weighted by Crippen LogP contribution is -2.15. The molecule has 0 unspecified atom stereocenters. The molecule has 2 aromatic rings. The zero-order chi connectivity index (χ0) is 16.2. The number of rotatable bonds is 6. The summed E-state index contributed by atoms with van der Waals surface area (Å²) in [5, 5.41) is 5.19. The van der Waals surface area contributed by atoms with E-state index in [0.29, 0.717) is 18.9 Å². The van der Waals surface area contributed by atoms with Crippen molar-refractivity contribution in [1.82, 2.24) is 4.90 Å². The van der Waals surface area contributed by atoms with Crippen LogP contribution in [-0.4, -0.2) is 27.4 Å². The van der Waals surface area contributed by atoms with Gasteiger partial charge in [0.25, 0.3) is 0 Å². The predicted octanol–water partition coefficient (Wildman–Crippen LogP) is 1.97. The van der Waals surface area contributed by atoms with E-state index in [1.54, 1.807) is 12.1 Å². The zero-order valence-electron chi connectivity index (χ0n) is 12.7. The Kier molecular flexibility index (Phi) is 5.18. The van der Waals surface area contributed by atoms with E-state index in [1.165, 1.54) is 6.07 Å². The number of ether oxygens (including phenoxy) is 1. The van der Waals surface area contributed by atoms with Gasteiger partial charge in [-0.1, -0.05) is 30.3 Å². The van der Waals surface area contributed by atoms with Crippen molar-refractivity contribution in [1.29, 1.82) is 0 Å². The summed E-state index contributed by atoms with van der Waals surface area (Å²) in [5.41, 5.74) is 1.83. The maximum atomic E-state index is 11.5. The van der Waals surface area contributed by atoms with Gasteiger partial charge in [-0.2, -0.15) is 0 Å². The van der Waals surface area contributed by atoms with E-state index in [-0.39, 0.29) is 4.90 Å². The van der Waals surface area contributed by atoms with Gasteiger partial charge < -0.3 is 9.64 Å². The highest BCUT2D eigenvalue weighted by molar-refractivity contribution is 7.89. The van der Waals surface area contributed by atoms with Crippen LogP contribution < -0.4 is 9.88 Å². The van der Waals surface area contributed by atoms with Crippen LogP contribution in [0.5, 0.6) is 5.75 Å². The minimum absolute atomic E-state index is 0.0939. The van der Waals surface area contributed by atoms with Crippen LogP contribution in [0.15, 0.2) is 53.4 Å². The van der Waals surface area contributed by atoms with Gasteiger partial charge in [0.1, 0.15) is 12.4 Å². The number of primary sulfonamides is 1. The zero-order valence-corrected chi connectivity index (χ0v) is 13.5. The number of nitrogens with two attached hydrogens (primary N) is 1. The van der Waals surface area contributed by atoms with E-state index in [1.807, 2.05) is 49.3 Å². The standard InChI is InChI=1S/C16H20N2O3S/c1-18(2)11-14-10-15(22(17,19)20)8-9-16(14)21-12-13-6-4-3-5-7-13/h3-10H,11-12H2,1-2H3,(H2,17,19,20). The maximum absolute atomic E-state index is 11.5. The topological polar surface area (TPSA) is 72.6 Å². The Morgan fingerprint density at radius 3 is 2.36 bits per heavy atom. The van der Waals surface area contributed by atoms with Crippen molar-refractivity contribution in [2.24, 2.45) is 5.14 Å². The Hall–Kier alpha value is -1.89. The molecule has 0 aliphatic carbocycles. The highest BCUT2D eigenvalue weighted by atomic mass is 32.2. The Bertz CT molecular complexity index is 728. The fourth-order valence-corrected chi connectivity index (χ4v) is 2.64. The van der Waals surface area contributed by atoms with E-state index in [0.717, 1.165) is 11.1 Å². The molecule has 0 amide bonds. The molecule has 0 aromatic heterocycles. The fourth-order valence-electron chi connectivity index (χ4n) is 2.07. The lowest BCUT2D eigenvalue weighted by atomic mass is 10.2. The minimum Gasteiger partial charge on any atom is -0.489 e. The first-order chi connectivity index (χ1) is 10.4. The molecule has 6 heteroatoms. The van der Waals surface area contributed by atoms with Crippen molar-refractivity contribution in [2.75, 3.05) is 14.1 Å². The molecule has 0 aliphatic heterocycles. The van der Waals surface area contributed by atoms with Crippen LogP contribution >= 0.6 is 0 Å². The molecule has 0 aliphatic rings. The third kappa shape index (κ3) is 4.56. The first-order valence-corrected chi connectivity index (χ1v) is 8.38. The summed E-state index contributed by atoms with van der Waals surface area (Å²) in [6, 6.07) is 14.5. The second-order valence-corrected chi connectivity index (χ2v) is 6.89. The third-order valence-electron chi connectivity index (χ3n) is 3.08. The van der Waals surface area contributed by atoms with Crippen LogP contribution in [0.3, 0.4) is 0 Å². The normalized spacial score (nSPS) is 11.6. The van der Waals surface area contributed by atoms with E-state index < -0.39 is 10.0 Å². The summed E-state index contributed by atoms with van der Waals surface area (Å²) in [6.45, 7) is 0.990. The molecule has 0 fully saturated rings. The average Bonchev–Trinajstić information content (AvgIpc) is 2.45. The quantitative estimate of drug-likeness (QED) is 0.883. The molecule has 5 nitrogen and oxygen atoms in total. The SMILES string of the molecule is CN(C)Cc1cc(S(N)(=O)=O)ccc1OCc1ccccc1. The molecule has 0 saturated carbocycles. The van der Waals surface area contributed by atoms with Crippen LogP contribution in [0.4, 0.5) is 0 Å². The van der Waals surface area contributed by atoms with Crippen molar-refractivity contribution in [3.63, 3.8) is 0 Å². The number of hydrogen-bond acceptors (Lipinski definition) is 4. The van der Waals surface area contributed by atoms with Crippen LogP contribution in [0.1, 0.15) is 11.1 Å². The van der Waals surface area contributed by atoms with Crippen LogP contribution in [-0.2, 0) is 23.2 Å². The van der Waals surface area contributed by atoms with Gasteiger partial charge in [0.2, 0.25) is 10.0 Å². The second kappa shape index (κ2) is 6.91. The summed E-state index contributed by atoms with van der Waals surface area (Å²) >= 11 is 0. The molecular formula is C16H20N2O3S. The molecule has 0 saturated heterocycles. The van der Waals surface area contributed by atoms with Gasteiger partial charge in [0.15, 0.2) is 0 Å². The summed E-state index contributed by atoms with van der Waals surface area (Å²) in [7, 11) is 0.0956. The molecule has 0 spiro atoms. The molecule has 2 aromatic carbocycles. The van der Waals surface area contributed by atoms with Crippen molar-refractivity contribution >= 4 is 10.0 Å². The molecule has 0 bridgehead atoms. The van der Waals surface area contributed by atoms with E-state index >= 15 is 0 Å². The lowest BCUT2D eigenvalue weighted by Gasteiger charge is -2.16. The Balaban J connectivity index is 2.25. The first kappa shape index (κ1) is 16.5. The Morgan fingerprint density at radius 1 is 1.09 bits per heavy atom. The van der Waals surface area contributed by atoms with Crippen LogP contribution in [0, 0.1) is 0 Å². The number of sulfonamides is 1. The molecule has 2 rings (SSSR count). The first-order valence-electron chi connectivity index (χ1n) is 6.83. The molecule has 22 heavy (non-hydrogen) atoms. The van der Waals surface area contributed by atoms with Gasteiger partial charge in [0.05, 0.1) is 4.90 Å². The summed E-state index contributed by atoms with van der Waals surface area (Å²) in [6.07, 6.45) is 0. The second-order valence-electron chi connectivity index (χ2n) is 5.33. The summed E-state index contributed by atoms with van der Waals surface area (Å²) in [4.78, 5) is 2.04. The Labute approximate surface area is 131 Å². The fraction of sp³-hybridized carbons (Fsp3) is 0.250. The molecule has 118 valence electrons. The van der Waals surface area contributed by atoms with Gasteiger partial charge >= 0.3 is 0 Å². The highest BCUT2D eigenvalue weighted by Gasteiger charge is 2.13. The summed E-state index contributed by atoms with van der Waals surface area (Å²) in [5.74, 6) is 0.657. The predicted molar refractivity (Wildman–Crippen MR) is 86.0 cm³/mol. The van der Waals surface area contributed by atoms with Crippen molar-refractivity contribution < 1.29 is 13.2 Å². The van der Waals surface area contributed by atoms with Crippen molar-refractivity contribution in [3.05, 3.63) is 59.7 Å². The van der Waals surface area contributed by atoms with Gasteiger partial charge in [-0.05, 0) is 37.9 Å². The van der Waals surface area contributed by atoms with Crippen LogP contribution in [0.25, 0.3) is 0 Å². The molecular weight excluding hydrogens is 300 g/mol. The minimum atomic E-state index is -3.72. The van der Waals surface area contributed by atoms with E-state index in [2.05, 4.69) is 0 Å². The molecule has 0 atom stereocenters. The number of hydrogen-bond donors (Lipinski definition) is 1. The average molecular weight is 320 g/mol. The molecule has 0 heterocycles. The lowest BCUT2D eigenvalue weighted by molar-refractivity contribution is 0.295. The van der Waals surface area contributed by atoms with Gasteiger partial charge in [0, 0.05) is 12.1 Å². The smallest absolute Gasteiger partial charge is 0.238 e. The van der Waals surface area contributed by atoms with Crippen LogP contribution in [0.2, 0.25) is 0 Å². The largest absolute Gasteiger partial charge is 0.489 e. The molecule has 2 N–H and O–H groups in total. The number of nitrogens with zero attached hydrogens (tertiary/aromatic N) is 1. The summed E-state index contributed by atoms with van der Waals surface area (Å²) < 4.78 is 28.8. The monoisotopic (exact) mass is 320 g/mol. The maximum Gasteiger partial charge on any atom is 0.238 e. The highest BCUT2D eigenvalue weighted by Crippen LogP contribution is 2.24. The van der Waals surface area contributed by atoms with Gasteiger partial charge in [-0.15, -0.1) is 0 Å². The van der Waals surface area contributed by atoms with Crippen molar-refractivity contribution in [3.8, 4) is 5.75 Å². The van der Waals surface area contributed by atoms with Gasteiger partial charge in [-0.25, -0.2) is 13.6 Å². The van der Waals surface area contributed by atoms with E-state index in [9.17, 15) is 8.42 Å². The third-order valence-corrected chi connectivity index (χ3v) is 4.00. The van der Waals surface area contributed by atoms with Gasteiger partial charge in [-0.3, -0.25) is 0 Å². The number of benzene rings is 2. The van der Waals surface area contributed by atoms with E-state index in [4.69, 9.17) is 9.88 Å². The van der Waals surface area contributed by atoms with Crippen molar-refractivity contribution in [2.45, 2.75) is 18.0 Å². The molecule has 0 radical (unpaired) electrons. The Morgan fingerprint density at radius 2 is 1.77 bits per heavy atom.